The first-order chi connectivity index (χ1) is 9.81. The molecule has 1 atom stereocenters. The fraction of sp³-hybridized carbons (Fsp3) is 0.875. The second kappa shape index (κ2) is 10.6. The molecule has 0 aliphatic rings. The molecule has 0 radical (unpaired) electrons. The summed E-state index contributed by atoms with van der Waals surface area (Å²) in [5.74, 6) is 0.292. The summed E-state index contributed by atoms with van der Waals surface area (Å²) < 4.78 is 4.83. The molecule has 0 aromatic heterocycles. The standard InChI is InChI=1S/C16H32N2O3/c1-5-21-15(20)7-6-12-18-14(19)9-8-13(10-11-17)16(2,3)4/h13H,5-12,17H2,1-4H3,(H,18,19). The van der Waals surface area contributed by atoms with E-state index in [2.05, 4.69) is 26.1 Å². The molecule has 0 bridgehead atoms. The highest BCUT2D eigenvalue weighted by molar-refractivity contribution is 5.76. The molecule has 5 heteroatoms. The lowest BCUT2D eigenvalue weighted by Gasteiger charge is -2.30. The van der Waals surface area contributed by atoms with Crippen molar-refractivity contribution in [3.63, 3.8) is 0 Å². The highest BCUT2D eigenvalue weighted by Crippen LogP contribution is 2.31. The van der Waals surface area contributed by atoms with E-state index in [9.17, 15) is 9.59 Å². The van der Waals surface area contributed by atoms with Crippen molar-refractivity contribution >= 4 is 11.9 Å². The van der Waals surface area contributed by atoms with Crippen LogP contribution in [0.3, 0.4) is 0 Å². The maximum absolute atomic E-state index is 11.8. The van der Waals surface area contributed by atoms with E-state index in [1.54, 1.807) is 6.92 Å². The Kier molecular flexibility index (Phi) is 10.0. The fourth-order valence-corrected chi connectivity index (χ4v) is 2.30. The number of hydrogen-bond donors (Lipinski definition) is 2. The summed E-state index contributed by atoms with van der Waals surface area (Å²) in [6.07, 6.45) is 3.29. The predicted octanol–water partition coefficient (Wildman–Crippen LogP) is 2.24. The zero-order chi connectivity index (χ0) is 16.3. The third-order valence-corrected chi connectivity index (χ3v) is 3.64. The van der Waals surface area contributed by atoms with E-state index in [4.69, 9.17) is 10.5 Å². The number of ether oxygens (including phenoxy) is 1. The van der Waals surface area contributed by atoms with Gasteiger partial charge >= 0.3 is 5.97 Å². The molecule has 0 aromatic rings. The van der Waals surface area contributed by atoms with Gasteiger partial charge in [0.15, 0.2) is 0 Å². The number of esters is 1. The van der Waals surface area contributed by atoms with Crippen LogP contribution in [0.4, 0.5) is 0 Å². The minimum atomic E-state index is -0.206. The number of carbonyl (C=O) groups is 2. The van der Waals surface area contributed by atoms with E-state index < -0.39 is 0 Å². The lowest BCUT2D eigenvalue weighted by atomic mass is 9.76. The van der Waals surface area contributed by atoms with Gasteiger partial charge in [-0.15, -0.1) is 0 Å². The number of rotatable bonds is 10. The summed E-state index contributed by atoms with van der Waals surface area (Å²) in [7, 11) is 0. The summed E-state index contributed by atoms with van der Waals surface area (Å²) in [6, 6.07) is 0. The molecule has 0 heterocycles. The predicted molar refractivity (Wildman–Crippen MR) is 84.7 cm³/mol. The van der Waals surface area contributed by atoms with Gasteiger partial charge in [0.1, 0.15) is 0 Å². The van der Waals surface area contributed by atoms with Gasteiger partial charge in [-0.2, -0.15) is 0 Å². The Bertz CT molecular complexity index is 311. The molecule has 5 nitrogen and oxygen atoms in total. The van der Waals surface area contributed by atoms with Crippen LogP contribution in [0.25, 0.3) is 0 Å². The van der Waals surface area contributed by atoms with Crippen LogP contribution in [0.2, 0.25) is 0 Å². The maximum Gasteiger partial charge on any atom is 0.305 e. The zero-order valence-corrected chi connectivity index (χ0v) is 14.0. The van der Waals surface area contributed by atoms with Crippen LogP contribution in [0.5, 0.6) is 0 Å². The highest BCUT2D eigenvalue weighted by atomic mass is 16.5. The Morgan fingerprint density at radius 2 is 1.86 bits per heavy atom. The first-order valence-corrected chi connectivity index (χ1v) is 7.93. The molecule has 0 spiro atoms. The van der Waals surface area contributed by atoms with Crippen LogP contribution in [-0.4, -0.2) is 31.6 Å². The smallest absolute Gasteiger partial charge is 0.305 e. The SMILES string of the molecule is CCOC(=O)CCCNC(=O)CCC(CCN)C(C)(C)C. The van der Waals surface area contributed by atoms with Crippen LogP contribution in [0, 0.1) is 11.3 Å². The summed E-state index contributed by atoms with van der Waals surface area (Å²) in [6.45, 7) is 9.92. The minimum Gasteiger partial charge on any atom is -0.466 e. The molecule has 1 amide bonds. The van der Waals surface area contributed by atoms with Crippen molar-refractivity contribution in [1.82, 2.24) is 5.32 Å². The molecule has 0 saturated heterocycles. The molecule has 1 unspecified atom stereocenters. The molecule has 0 aromatic carbocycles. The largest absolute Gasteiger partial charge is 0.466 e. The third kappa shape index (κ3) is 10.3. The number of hydrogen-bond acceptors (Lipinski definition) is 4. The van der Waals surface area contributed by atoms with Gasteiger partial charge in [-0.3, -0.25) is 9.59 Å². The maximum atomic E-state index is 11.8. The van der Waals surface area contributed by atoms with Gasteiger partial charge in [-0.1, -0.05) is 20.8 Å². The average Bonchev–Trinajstić information content (AvgIpc) is 2.38. The van der Waals surface area contributed by atoms with E-state index in [1.807, 2.05) is 0 Å². The second-order valence-corrected chi connectivity index (χ2v) is 6.44. The molecule has 0 aliphatic heterocycles. The van der Waals surface area contributed by atoms with E-state index in [0.29, 0.717) is 44.9 Å². The molecule has 0 aliphatic carbocycles. The Morgan fingerprint density at radius 1 is 1.19 bits per heavy atom. The van der Waals surface area contributed by atoms with Crippen molar-refractivity contribution in [2.75, 3.05) is 19.7 Å². The first-order valence-electron chi connectivity index (χ1n) is 7.93. The molecule has 0 saturated carbocycles. The lowest BCUT2D eigenvalue weighted by molar-refractivity contribution is -0.143. The van der Waals surface area contributed by atoms with Crippen LogP contribution in [0.1, 0.15) is 59.8 Å². The van der Waals surface area contributed by atoms with Gasteiger partial charge in [-0.05, 0) is 44.1 Å². The van der Waals surface area contributed by atoms with Crippen molar-refractivity contribution < 1.29 is 14.3 Å². The van der Waals surface area contributed by atoms with Crippen molar-refractivity contribution in [1.29, 1.82) is 0 Å². The Hall–Kier alpha value is -1.10. The number of nitrogens with one attached hydrogen (secondary N) is 1. The molecule has 124 valence electrons. The Balaban J connectivity index is 3.86. The summed E-state index contributed by atoms with van der Waals surface area (Å²) in [4.78, 5) is 22.9. The summed E-state index contributed by atoms with van der Waals surface area (Å²) in [5, 5.41) is 2.85. The van der Waals surface area contributed by atoms with E-state index >= 15 is 0 Å². The monoisotopic (exact) mass is 300 g/mol. The van der Waals surface area contributed by atoms with Gasteiger partial charge in [-0.25, -0.2) is 0 Å². The van der Waals surface area contributed by atoms with Crippen molar-refractivity contribution in [2.24, 2.45) is 17.1 Å². The number of amides is 1. The fourth-order valence-electron chi connectivity index (χ4n) is 2.30. The normalized spacial score (nSPS) is 12.8. The van der Waals surface area contributed by atoms with Crippen molar-refractivity contribution in [2.45, 2.75) is 59.8 Å². The van der Waals surface area contributed by atoms with Gasteiger partial charge in [0.05, 0.1) is 6.61 Å². The van der Waals surface area contributed by atoms with Crippen LogP contribution >= 0.6 is 0 Å². The van der Waals surface area contributed by atoms with Gasteiger partial charge in [0, 0.05) is 19.4 Å². The van der Waals surface area contributed by atoms with Gasteiger partial charge < -0.3 is 15.8 Å². The zero-order valence-electron chi connectivity index (χ0n) is 14.0. The van der Waals surface area contributed by atoms with E-state index in [1.165, 1.54) is 0 Å². The summed E-state index contributed by atoms with van der Waals surface area (Å²) in [5.41, 5.74) is 5.81. The van der Waals surface area contributed by atoms with Crippen molar-refractivity contribution in [3.05, 3.63) is 0 Å². The van der Waals surface area contributed by atoms with Gasteiger partial charge in [0.2, 0.25) is 5.91 Å². The highest BCUT2D eigenvalue weighted by Gasteiger charge is 2.24. The Morgan fingerprint density at radius 3 is 2.38 bits per heavy atom. The third-order valence-electron chi connectivity index (χ3n) is 3.64. The molecular formula is C16H32N2O3. The van der Waals surface area contributed by atoms with Gasteiger partial charge in [0.25, 0.3) is 0 Å². The first kappa shape index (κ1) is 19.9. The molecule has 0 fully saturated rings. The number of nitrogens with two attached hydrogens (primary N) is 1. The molecule has 21 heavy (non-hydrogen) atoms. The Labute approximate surface area is 129 Å². The quantitative estimate of drug-likeness (QED) is 0.479. The lowest BCUT2D eigenvalue weighted by Crippen LogP contribution is -2.28. The number of carbonyl (C=O) groups excluding carboxylic acids is 2. The van der Waals surface area contributed by atoms with E-state index in [-0.39, 0.29) is 17.3 Å². The summed E-state index contributed by atoms with van der Waals surface area (Å²) >= 11 is 0. The second-order valence-electron chi connectivity index (χ2n) is 6.44. The molecular weight excluding hydrogens is 268 g/mol. The van der Waals surface area contributed by atoms with E-state index in [0.717, 1.165) is 12.8 Å². The van der Waals surface area contributed by atoms with Crippen LogP contribution in [-0.2, 0) is 14.3 Å². The molecule has 0 rings (SSSR count). The van der Waals surface area contributed by atoms with Crippen LogP contribution < -0.4 is 11.1 Å². The minimum absolute atomic E-state index is 0.0464. The van der Waals surface area contributed by atoms with Crippen LogP contribution in [0.15, 0.2) is 0 Å². The molecule has 3 N–H and O–H groups in total. The topological polar surface area (TPSA) is 81.4 Å². The van der Waals surface area contributed by atoms with Crippen molar-refractivity contribution in [3.8, 4) is 0 Å². The average molecular weight is 300 g/mol.